The molecular formula is C17H23BrFN3O3Si. The normalized spacial score (nSPS) is 15.4. The first-order valence-corrected chi connectivity index (χ1v) is 12.6. The van der Waals surface area contributed by atoms with Gasteiger partial charge in [0, 0.05) is 20.9 Å². The first-order valence-electron chi connectivity index (χ1n) is 8.12. The van der Waals surface area contributed by atoms with Gasteiger partial charge in [-0.3, -0.25) is 0 Å². The number of ether oxygens (including phenoxy) is 2. The van der Waals surface area contributed by atoms with Crippen LogP contribution < -0.4 is 10.2 Å². The van der Waals surface area contributed by atoms with E-state index in [-0.39, 0.29) is 12.3 Å². The number of esters is 1. The van der Waals surface area contributed by atoms with E-state index in [1.807, 2.05) is 0 Å². The van der Waals surface area contributed by atoms with Crippen molar-refractivity contribution in [3.8, 4) is 0 Å². The second-order valence-electron chi connectivity index (χ2n) is 7.08. The summed E-state index contributed by atoms with van der Waals surface area (Å²) < 4.78 is 25.1. The second kappa shape index (κ2) is 8.32. The number of fused-ring (bicyclic) bond motifs is 1. The Morgan fingerprint density at radius 3 is 2.69 bits per heavy atom. The van der Waals surface area contributed by atoms with E-state index in [4.69, 9.17) is 14.9 Å². The SMILES string of the molecule is COC(=O)c1cc(F)cc2c1N/C(=C(/Br)C=N)N2COCC[Si](C)(C)C. The quantitative estimate of drug-likeness (QED) is 0.283. The van der Waals surface area contributed by atoms with Crippen LogP contribution in [0.4, 0.5) is 15.8 Å². The van der Waals surface area contributed by atoms with Crippen LogP contribution in [0.15, 0.2) is 22.4 Å². The maximum Gasteiger partial charge on any atom is 0.340 e. The number of hydrogen-bond donors (Lipinski definition) is 2. The molecule has 0 aliphatic carbocycles. The zero-order valence-electron chi connectivity index (χ0n) is 15.3. The Hall–Kier alpha value is -1.71. The molecule has 1 aromatic rings. The van der Waals surface area contributed by atoms with E-state index in [9.17, 15) is 9.18 Å². The highest BCUT2D eigenvalue weighted by molar-refractivity contribution is 9.12. The molecule has 2 rings (SSSR count). The Morgan fingerprint density at radius 1 is 1.42 bits per heavy atom. The fourth-order valence-electron chi connectivity index (χ4n) is 2.44. The van der Waals surface area contributed by atoms with Crippen LogP contribution in [-0.2, 0) is 9.47 Å². The van der Waals surface area contributed by atoms with Crippen LogP contribution in [0.5, 0.6) is 0 Å². The smallest absolute Gasteiger partial charge is 0.340 e. The third-order valence-corrected chi connectivity index (χ3v) is 6.17. The molecule has 0 bridgehead atoms. The van der Waals surface area contributed by atoms with E-state index in [1.165, 1.54) is 13.2 Å². The van der Waals surface area contributed by atoms with Crippen molar-refractivity contribution in [2.24, 2.45) is 0 Å². The van der Waals surface area contributed by atoms with E-state index in [0.29, 0.717) is 28.3 Å². The monoisotopic (exact) mass is 443 g/mol. The molecule has 0 spiro atoms. The van der Waals surface area contributed by atoms with Crippen molar-refractivity contribution >= 4 is 47.6 Å². The Bertz CT molecular complexity index is 750. The van der Waals surface area contributed by atoms with Crippen LogP contribution in [0.3, 0.4) is 0 Å². The maximum atomic E-state index is 14.1. The number of rotatable bonds is 7. The molecule has 6 nitrogen and oxygen atoms in total. The number of methoxy groups -OCH3 is 1. The predicted molar refractivity (Wildman–Crippen MR) is 108 cm³/mol. The number of anilines is 2. The van der Waals surface area contributed by atoms with E-state index in [2.05, 4.69) is 40.9 Å². The third-order valence-electron chi connectivity index (χ3n) is 3.86. The van der Waals surface area contributed by atoms with Crippen molar-refractivity contribution in [1.29, 1.82) is 5.41 Å². The second-order valence-corrected chi connectivity index (χ2v) is 13.6. The lowest BCUT2D eigenvalue weighted by atomic mass is 10.1. The van der Waals surface area contributed by atoms with Crippen LogP contribution >= 0.6 is 15.9 Å². The van der Waals surface area contributed by atoms with Gasteiger partial charge in [-0.2, -0.15) is 0 Å². The summed E-state index contributed by atoms with van der Waals surface area (Å²) in [6.45, 7) is 7.55. The molecule has 0 saturated heterocycles. The molecule has 0 unspecified atom stereocenters. The molecule has 26 heavy (non-hydrogen) atoms. The summed E-state index contributed by atoms with van der Waals surface area (Å²) in [5.74, 6) is -0.677. The molecule has 0 saturated carbocycles. The van der Waals surface area contributed by atoms with Gasteiger partial charge in [0.05, 0.1) is 28.5 Å². The van der Waals surface area contributed by atoms with Gasteiger partial charge in [0.15, 0.2) is 0 Å². The van der Waals surface area contributed by atoms with Crippen molar-refractivity contribution < 1.29 is 18.7 Å². The Labute approximate surface area is 162 Å². The number of allylic oxidation sites excluding steroid dienone is 1. The van der Waals surface area contributed by atoms with Gasteiger partial charge in [-0.25, -0.2) is 9.18 Å². The zero-order chi connectivity index (χ0) is 19.5. The van der Waals surface area contributed by atoms with Gasteiger partial charge in [0.25, 0.3) is 0 Å². The first kappa shape index (κ1) is 20.6. The van der Waals surface area contributed by atoms with Crippen LogP contribution in [0.25, 0.3) is 0 Å². The largest absolute Gasteiger partial charge is 0.465 e. The number of hydrogen-bond acceptors (Lipinski definition) is 6. The topological polar surface area (TPSA) is 74.7 Å². The molecule has 1 aromatic carbocycles. The van der Waals surface area contributed by atoms with E-state index >= 15 is 0 Å². The molecular weight excluding hydrogens is 421 g/mol. The number of nitrogens with one attached hydrogen (secondary N) is 2. The third kappa shape index (κ3) is 4.71. The lowest BCUT2D eigenvalue weighted by Gasteiger charge is -2.22. The van der Waals surface area contributed by atoms with Crippen LogP contribution in [0, 0.1) is 11.2 Å². The predicted octanol–water partition coefficient (Wildman–Crippen LogP) is 4.37. The number of halogens is 2. The van der Waals surface area contributed by atoms with Gasteiger partial charge in [-0.1, -0.05) is 19.6 Å². The summed E-state index contributed by atoms with van der Waals surface area (Å²) in [4.78, 5) is 13.7. The lowest BCUT2D eigenvalue weighted by Crippen LogP contribution is -2.27. The molecule has 0 atom stereocenters. The minimum absolute atomic E-state index is 0.0925. The molecule has 0 aromatic heterocycles. The molecule has 0 amide bonds. The Kier molecular flexibility index (Phi) is 6.59. The van der Waals surface area contributed by atoms with Gasteiger partial charge in [-0.05, 0) is 34.1 Å². The van der Waals surface area contributed by atoms with Crippen molar-refractivity contribution in [3.63, 3.8) is 0 Å². The summed E-state index contributed by atoms with van der Waals surface area (Å²) in [7, 11) is 0.0192. The van der Waals surface area contributed by atoms with E-state index in [0.717, 1.165) is 18.3 Å². The van der Waals surface area contributed by atoms with Crippen molar-refractivity contribution in [2.75, 3.05) is 30.7 Å². The summed E-state index contributed by atoms with van der Waals surface area (Å²) >= 11 is 3.31. The van der Waals surface area contributed by atoms with Gasteiger partial charge < -0.3 is 25.1 Å². The van der Waals surface area contributed by atoms with Crippen molar-refractivity contribution in [1.82, 2.24) is 0 Å². The van der Waals surface area contributed by atoms with Gasteiger partial charge in [0.1, 0.15) is 18.4 Å². The summed E-state index contributed by atoms with van der Waals surface area (Å²) in [6.07, 6.45) is 1.12. The highest BCUT2D eigenvalue weighted by Crippen LogP contribution is 2.41. The van der Waals surface area contributed by atoms with Gasteiger partial charge in [0.2, 0.25) is 0 Å². The molecule has 142 valence electrons. The number of nitrogens with zero attached hydrogens (tertiary/aromatic N) is 1. The summed E-state index contributed by atoms with van der Waals surface area (Å²) in [5.41, 5.74) is 0.989. The molecule has 1 heterocycles. The van der Waals surface area contributed by atoms with Crippen molar-refractivity contribution in [3.05, 3.63) is 33.8 Å². The fourth-order valence-corrected chi connectivity index (χ4v) is 3.51. The summed E-state index contributed by atoms with van der Waals surface area (Å²) in [6, 6.07) is 3.46. The fraction of sp³-hybridized carbons (Fsp3) is 0.412. The first-order chi connectivity index (χ1) is 12.2. The van der Waals surface area contributed by atoms with E-state index < -0.39 is 19.9 Å². The van der Waals surface area contributed by atoms with E-state index in [1.54, 1.807) is 4.90 Å². The molecule has 1 aliphatic rings. The average Bonchev–Trinajstić information content (AvgIpc) is 2.94. The van der Waals surface area contributed by atoms with Gasteiger partial charge >= 0.3 is 5.97 Å². The summed E-state index contributed by atoms with van der Waals surface area (Å²) in [5, 5.41) is 10.6. The average molecular weight is 444 g/mol. The lowest BCUT2D eigenvalue weighted by molar-refractivity contribution is 0.0601. The molecule has 9 heteroatoms. The van der Waals surface area contributed by atoms with Crippen LogP contribution in [0.1, 0.15) is 10.4 Å². The molecule has 2 N–H and O–H groups in total. The molecule has 0 fully saturated rings. The highest BCUT2D eigenvalue weighted by atomic mass is 79.9. The molecule has 0 radical (unpaired) electrons. The number of benzene rings is 1. The number of carbonyl (C=O) groups excluding carboxylic acids is 1. The molecule has 1 aliphatic heterocycles. The number of carbonyl (C=O) groups is 1. The minimum atomic E-state index is -1.23. The minimum Gasteiger partial charge on any atom is -0.465 e. The zero-order valence-corrected chi connectivity index (χ0v) is 17.9. The van der Waals surface area contributed by atoms with Gasteiger partial charge in [-0.15, -0.1) is 0 Å². The Balaban J connectivity index is 2.35. The maximum absolute atomic E-state index is 14.1. The van der Waals surface area contributed by atoms with Crippen LogP contribution in [0.2, 0.25) is 25.7 Å². The standard InChI is InChI=1S/C17H23BrFN3O3Si/c1-24-17(23)12-7-11(19)8-14-15(12)21-16(13(18)9-20)22(14)10-25-5-6-26(2,3)4/h7-9,20-21H,5-6,10H2,1-4H3/b16-13-,20-9?. The van der Waals surface area contributed by atoms with Crippen molar-refractivity contribution in [2.45, 2.75) is 25.7 Å². The van der Waals surface area contributed by atoms with Crippen LogP contribution in [-0.4, -0.2) is 40.7 Å². The Morgan fingerprint density at radius 2 is 2.12 bits per heavy atom. The highest BCUT2D eigenvalue weighted by Gasteiger charge is 2.31.